The molecule has 1 aromatic rings. The molecule has 0 aliphatic carbocycles. The topological polar surface area (TPSA) is 20.2 Å². The van der Waals surface area contributed by atoms with Crippen LogP contribution in [0.1, 0.15) is 5.56 Å². The van der Waals surface area contributed by atoms with Crippen LogP contribution in [0.15, 0.2) is 23.1 Å². The third-order valence-corrected chi connectivity index (χ3v) is 1.87. The lowest BCUT2D eigenvalue weighted by molar-refractivity contribution is 0.279. The van der Waals surface area contributed by atoms with Crippen molar-refractivity contribution in [3.8, 4) is 0 Å². The molecule has 0 fully saturated rings. The zero-order chi connectivity index (χ0) is 7.56. The molecule has 0 radical (unpaired) electrons. The van der Waals surface area contributed by atoms with Gasteiger partial charge in [-0.2, -0.15) is 0 Å². The molecule has 0 unspecified atom stereocenters. The second kappa shape index (κ2) is 3.28. The Balaban J connectivity index is 3.07. The zero-order valence-corrected chi connectivity index (χ0v) is 6.86. The summed E-state index contributed by atoms with van der Waals surface area (Å²) in [7, 11) is 0. The Bertz CT molecular complexity index is 237. The maximum absolute atomic E-state index is 8.72. The Morgan fingerprint density at radius 2 is 2.20 bits per heavy atom. The van der Waals surface area contributed by atoms with Gasteiger partial charge in [-0.15, -0.1) is 12.6 Å². The number of rotatable bonds is 1. The van der Waals surface area contributed by atoms with E-state index in [-0.39, 0.29) is 6.61 Å². The molecular weight excluding hydrogens is 168 g/mol. The predicted octanol–water partition coefficient (Wildman–Crippen LogP) is 2.12. The maximum Gasteiger partial charge on any atom is 0.0692 e. The number of hydrogen-bond acceptors (Lipinski definition) is 2. The molecule has 10 heavy (non-hydrogen) atoms. The van der Waals surface area contributed by atoms with Crippen molar-refractivity contribution in [2.24, 2.45) is 0 Å². The standard InChI is InChI=1S/C7H7ClOS/c8-6-2-1-5(4-9)7(10)3-6/h1-3,9-10H,4H2. The van der Waals surface area contributed by atoms with Gasteiger partial charge in [0.15, 0.2) is 0 Å². The van der Waals surface area contributed by atoms with Crippen LogP contribution in [0.25, 0.3) is 0 Å². The summed E-state index contributed by atoms with van der Waals surface area (Å²) >= 11 is 9.75. The number of hydrogen-bond donors (Lipinski definition) is 2. The molecule has 3 heteroatoms. The van der Waals surface area contributed by atoms with Gasteiger partial charge >= 0.3 is 0 Å². The fraction of sp³-hybridized carbons (Fsp3) is 0.143. The molecule has 0 amide bonds. The van der Waals surface area contributed by atoms with Gasteiger partial charge in [-0.1, -0.05) is 17.7 Å². The van der Waals surface area contributed by atoms with Crippen molar-refractivity contribution < 1.29 is 5.11 Å². The molecule has 1 rings (SSSR count). The first kappa shape index (κ1) is 7.92. The van der Waals surface area contributed by atoms with E-state index in [2.05, 4.69) is 12.6 Å². The summed E-state index contributed by atoms with van der Waals surface area (Å²) in [6.45, 7) is 0.00992. The smallest absolute Gasteiger partial charge is 0.0692 e. The average Bonchev–Trinajstić information content (AvgIpc) is 1.88. The van der Waals surface area contributed by atoms with Crippen LogP contribution in [0.3, 0.4) is 0 Å². The van der Waals surface area contributed by atoms with Gasteiger partial charge in [-0.25, -0.2) is 0 Å². The van der Waals surface area contributed by atoms with Crippen LogP contribution in [-0.4, -0.2) is 5.11 Å². The molecular formula is C7H7ClOS. The Morgan fingerprint density at radius 3 is 2.70 bits per heavy atom. The van der Waals surface area contributed by atoms with Gasteiger partial charge in [0.25, 0.3) is 0 Å². The van der Waals surface area contributed by atoms with E-state index >= 15 is 0 Å². The van der Waals surface area contributed by atoms with E-state index in [0.29, 0.717) is 5.02 Å². The molecule has 0 aliphatic heterocycles. The van der Waals surface area contributed by atoms with E-state index in [9.17, 15) is 0 Å². The van der Waals surface area contributed by atoms with E-state index in [1.165, 1.54) is 0 Å². The van der Waals surface area contributed by atoms with Crippen LogP contribution in [0, 0.1) is 0 Å². The minimum Gasteiger partial charge on any atom is -0.392 e. The fourth-order valence-electron chi connectivity index (χ4n) is 0.671. The van der Waals surface area contributed by atoms with E-state index in [4.69, 9.17) is 16.7 Å². The van der Waals surface area contributed by atoms with Crippen molar-refractivity contribution in [1.29, 1.82) is 0 Å². The summed E-state index contributed by atoms with van der Waals surface area (Å²) < 4.78 is 0. The van der Waals surface area contributed by atoms with Gasteiger partial charge in [0, 0.05) is 9.92 Å². The van der Waals surface area contributed by atoms with Crippen molar-refractivity contribution in [2.45, 2.75) is 11.5 Å². The van der Waals surface area contributed by atoms with E-state index in [1.807, 2.05) is 0 Å². The lowest BCUT2D eigenvalue weighted by Gasteiger charge is -1.99. The second-order valence-corrected chi connectivity index (χ2v) is 2.85. The van der Waals surface area contributed by atoms with Crippen molar-refractivity contribution in [1.82, 2.24) is 0 Å². The van der Waals surface area contributed by atoms with Crippen molar-refractivity contribution in [2.75, 3.05) is 0 Å². The van der Waals surface area contributed by atoms with Crippen LogP contribution in [-0.2, 0) is 6.61 Å². The molecule has 54 valence electrons. The third-order valence-electron chi connectivity index (χ3n) is 1.22. The molecule has 0 saturated carbocycles. The van der Waals surface area contributed by atoms with Crippen LogP contribution >= 0.6 is 24.2 Å². The molecule has 1 aromatic carbocycles. The molecule has 0 spiro atoms. The third kappa shape index (κ3) is 1.66. The monoisotopic (exact) mass is 174 g/mol. The molecule has 0 saturated heterocycles. The van der Waals surface area contributed by atoms with Crippen LogP contribution in [0.4, 0.5) is 0 Å². The van der Waals surface area contributed by atoms with Gasteiger partial charge in [0.05, 0.1) is 6.61 Å². The normalized spacial score (nSPS) is 9.90. The Labute approximate surface area is 70.0 Å². The van der Waals surface area contributed by atoms with E-state index in [1.54, 1.807) is 18.2 Å². The average molecular weight is 175 g/mol. The minimum absolute atomic E-state index is 0.00992. The lowest BCUT2D eigenvalue weighted by Crippen LogP contribution is -1.83. The van der Waals surface area contributed by atoms with Gasteiger partial charge in [-0.05, 0) is 17.7 Å². The number of halogens is 1. The summed E-state index contributed by atoms with van der Waals surface area (Å²) in [5, 5.41) is 9.36. The number of benzene rings is 1. The van der Waals surface area contributed by atoms with Crippen molar-refractivity contribution >= 4 is 24.2 Å². The zero-order valence-electron chi connectivity index (χ0n) is 5.21. The fourth-order valence-corrected chi connectivity index (χ4v) is 1.20. The summed E-state index contributed by atoms with van der Waals surface area (Å²) in [5.74, 6) is 0. The summed E-state index contributed by atoms with van der Waals surface area (Å²) in [6.07, 6.45) is 0. The van der Waals surface area contributed by atoms with Crippen molar-refractivity contribution in [3.63, 3.8) is 0 Å². The first-order chi connectivity index (χ1) is 4.74. The van der Waals surface area contributed by atoms with Gasteiger partial charge in [0.1, 0.15) is 0 Å². The first-order valence-corrected chi connectivity index (χ1v) is 3.65. The van der Waals surface area contributed by atoms with Gasteiger partial charge in [-0.3, -0.25) is 0 Å². The summed E-state index contributed by atoms with van der Waals surface area (Å²) in [5.41, 5.74) is 0.799. The Morgan fingerprint density at radius 1 is 1.50 bits per heavy atom. The lowest BCUT2D eigenvalue weighted by atomic mass is 10.2. The summed E-state index contributed by atoms with van der Waals surface area (Å²) in [6, 6.07) is 5.19. The highest BCUT2D eigenvalue weighted by Gasteiger charge is 1.96. The highest BCUT2D eigenvalue weighted by atomic mass is 35.5. The van der Waals surface area contributed by atoms with Crippen LogP contribution < -0.4 is 0 Å². The molecule has 0 aliphatic rings. The SMILES string of the molecule is OCc1ccc(Cl)cc1S. The number of aliphatic hydroxyl groups excluding tert-OH is 1. The molecule has 0 heterocycles. The minimum atomic E-state index is 0.00992. The van der Waals surface area contributed by atoms with Gasteiger partial charge in [0.2, 0.25) is 0 Å². The predicted molar refractivity (Wildman–Crippen MR) is 44.6 cm³/mol. The molecule has 0 bridgehead atoms. The summed E-state index contributed by atoms with van der Waals surface area (Å²) in [4.78, 5) is 0.731. The van der Waals surface area contributed by atoms with Crippen LogP contribution in [0.5, 0.6) is 0 Å². The molecule has 0 aromatic heterocycles. The Hall–Kier alpha value is -0.180. The first-order valence-electron chi connectivity index (χ1n) is 2.82. The van der Waals surface area contributed by atoms with Crippen LogP contribution in [0.2, 0.25) is 5.02 Å². The number of aliphatic hydroxyl groups is 1. The van der Waals surface area contributed by atoms with Gasteiger partial charge < -0.3 is 5.11 Å². The van der Waals surface area contributed by atoms with Crippen molar-refractivity contribution in [3.05, 3.63) is 28.8 Å². The highest BCUT2D eigenvalue weighted by Crippen LogP contribution is 2.18. The quantitative estimate of drug-likeness (QED) is 0.625. The Kier molecular flexibility index (Phi) is 2.60. The maximum atomic E-state index is 8.72. The molecule has 1 nitrogen and oxygen atoms in total. The highest BCUT2D eigenvalue weighted by molar-refractivity contribution is 7.80. The molecule has 0 atom stereocenters. The largest absolute Gasteiger partial charge is 0.392 e. The van der Waals surface area contributed by atoms with E-state index < -0.39 is 0 Å². The molecule has 1 N–H and O–H groups in total. The number of thiol groups is 1. The van der Waals surface area contributed by atoms with E-state index in [0.717, 1.165) is 10.5 Å². The second-order valence-electron chi connectivity index (χ2n) is 1.93.